The third-order valence-corrected chi connectivity index (χ3v) is 1.84. The van der Waals surface area contributed by atoms with E-state index in [0.717, 1.165) is 3.57 Å². The van der Waals surface area contributed by atoms with Gasteiger partial charge in [0.25, 0.3) is 0 Å². The van der Waals surface area contributed by atoms with Gasteiger partial charge in [-0.05, 0) is 28.7 Å². The summed E-state index contributed by atoms with van der Waals surface area (Å²) in [6.45, 7) is 0. The second kappa shape index (κ2) is 2.60. The van der Waals surface area contributed by atoms with Crippen LogP contribution in [0, 0.1) is 3.57 Å². The van der Waals surface area contributed by atoms with Crippen molar-refractivity contribution in [2.24, 2.45) is 0 Å². The zero-order chi connectivity index (χ0) is 6.85. The van der Waals surface area contributed by atoms with Crippen molar-refractivity contribution < 1.29 is 5.11 Å². The number of phenolic OH excluding ortho intramolecular Hbond substituents is 1. The molecule has 1 aromatic carbocycles. The van der Waals surface area contributed by atoms with E-state index < -0.39 is 0 Å². The van der Waals surface area contributed by atoms with Crippen molar-refractivity contribution in [3.8, 4) is 5.75 Å². The Balaban J connectivity index is 3.17. The maximum absolute atomic E-state index is 8.98. The first-order valence-electron chi connectivity index (χ1n) is 2.44. The van der Waals surface area contributed by atoms with Gasteiger partial charge in [-0.3, -0.25) is 0 Å². The summed E-state index contributed by atoms with van der Waals surface area (Å²) in [6.07, 6.45) is 0. The summed E-state index contributed by atoms with van der Waals surface area (Å²) >= 11 is 2.02. The van der Waals surface area contributed by atoms with Crippen molar-refractivity contribution >= 4 is 35.9 Å². The Morgan fingerprint density at radius 2 is 2.11 bits per heavy atom. The van der Waals surface area contributed by atoms with E-state index in [1.54, 1.807) is 18.2 Å². The van der Waals surface area contributed by atoms with Crippen molar-refractivity contribution in [2.75, 3.05) is 0 Å². The van der Waals surface area contributed by atoms with Gasteiger partial charge in [-0.2, -0.15) is 0 Å². The largest absolute Gasteiger partial charge is 0.507 e. The molecule has 0 bridgehead atoms. The van der Waals surface area contributed by atoms with Crippen LogP contribution in [0.2, 0.25) is 0 Å². The summed E-state index contributed by atoms with van der Waals surface area (Å²) in [7, 11) is 5.41. The normalized spacial score (nSPS) is 9.44. The van der Waals surface area contributed by atoms with Gasteiger partial charge in [0.05, 0.1) is 3.57 Å². The Morgan fingerprint density at radius 3 is 2.56 bits per heavy atom. The van der Waals surface area contributed by atoms with Crippen LogP contribution >= 0.6 is 22.6 Å². The Labute approximate surface area is 68.6 Å². The maximum Gasteiger partial charge on any atom is 0.128 e. The number of rotatable bonds is 0. The first-order chi connectivity index (χ1) is 4.20. The molecule has 1 nitrogen and oxygen atoms in total. The molecule has 0 spiro atoms. The van der Waals surface area contributed by atoms with Crippen LogP contribution in [0.5, 0.6) is 5.75 Å². The van der Waals surface area contributed by atoms with Gasteiger partial charge in [0.2, 0.25) is 0 Å². The molecule has 0 aromatic heterocycles. The third kappa shape index (κ3) is 1.61. The SMILES string of the molecule is [B]c1ccc(O)c(I)c1. The van der Waals surface area contributed by atoms with Crippen molar-refractivity contribution in [1.82, 2.24) is 0 Å². The van der Waals surface area contributed by atoms with E-state index >= 15 is 0 Å². The molecule has 9 heavy (non-hydrogen) atoms. The molecule has 0 heterocycles. The quantitative estimate of drug-likeness (QED) is 0.515. The lowest BCUT2D eigenvalue weighted by molar-refractivity contribution is 0.471. The highest BCUT2D eigenvalue weighted by molar-refractivity contribution is 14.1. The number of hydrogen-bond donors (Lipinski definition) is 1. The lowest BCUT2D eigenvalue weighted by Gasteiger charge is -1.95. The van der Waals surface area contributed by atoms with Crippen LogP contribution in [0.25, 0.3) is 0 Å². The lowest BCUT2D eigenvalue weighted by Crippen LogP contribution is -2.00. The lowest BCUT2D eigenvalue weighted by atomic mass is 9.97. The summed E-state index contributed by atoms with van der Waals surface area (Å²) in [5.41, 5.74) is 0.678. The fourth-order valence-electron chi connectivity index (χ4n) is 0.523. The van der Waals surface area contributed by atoms with Crippen molar-refractivity contribution in [2.45, 2.75) is 0 Å². The van der Waals surface area contributed by atoms with Crippen molar-refractivity contribution in [1.29, 1.82) is 0 Å². The predicted molar refractivity (Wildman–Crippen MR) is 46.2 cm³/mol. The fourth-order valence-corrected chi connectivity index (χ4v) is 1.06. The van der Waals surface area contributed by atoms with E-state index in [9.17, 15) is 0 Å². The highest BCUT2D eigenvalue weighted by Gasteiger charge is 1.93. The molecule has 0 saturated heterocycles. The third-order valence-electron chi connectivity index (χ3n) is 0.972. The molecule has 1 N–H and O–H groups in total. The molecule has 2 radical (unpaired) electrons. The monoisotopic (exact) mass is 230 g/mol. The van der Waals surface area contributed by atoms with E-state index in [4.69, 9.17) is 13.0 Å². The van der Waals surface area contributed by atoms with Crippen LogP contribution < -0.4 is 5.46 Å². The molecular formula is C6H4BIO. The highest BCUT2D eigenvalue weighted by atomic mass is 127. The number of phenols is 1. The van der Waals surface area contributed by atoms with Gasteiger partial charge in [0.15, 0.2) is 0 Å². The first kappa shape index (κ1) is 6.93. The van der Waals surface area contributed by atoms with Crippen LogP contribution in [-0.2, 0) is 0 Å². The molecule has 1 aromatic rings. The van der Waals surface area contributed by atoms with Gasteiger partial charge in [-0.15, -0.1) is 0 Å². The van der Waals surface area contributed by atoms with Gasteiger partial charge in [-0.1, -0.05) is 17.6 Å². The summed E-state index contributed by atoms with van der Waals surface area (Å²) in [5.74, 6) is 0.282. The van der Waals surface area contributed by atoms with E-state index in [2.05, 4.69) is 0 Å². The average Bonchev–Trinajstić information content (AvgIpc) is 1.80. The van der Waals surface area contributed by atoms with Crippen molar-refractivity contribution in [3.05, 3.63) is 21.8 Å². The molecule has 0 aliphatic carbocycles. The molecule has 0 unspecified atom stereocenters. The number of benzene rings is 1. The van der Waals surface area contributed by atoms with E-state index in [-0.39, 0.29) is 5.75 Å². The first-order valence-corrected chi connectivity index (χ1v) is 3.52. The summed E-state index contributed by atoms with van der Waals surface area (Å²) in [6, 6.07) is 4.96. The Morgan fingerprint density at radius 1 is 1.44 bits per heavy atom. The van der Waals surface area contributed by atoms with Gasteiger partial charge in [0, 0.05) is 0 Å². The molecule has 1 rings (SSSR count). The van der Waals surface area contributed by atoms with E-state index in [1.807, 2.05) is 22.6 Å². The standard InChI is InChI=1S/C6H4BIO/c7-4-1-2-6(9)5(8)3-4/h1-3,9H. The average molecular weight is 230 g/mol. The van der Waals surface area contributed by atoms with Crippen LogP contribution in [0.1, 0.15) is 0 Å². The zero-order valence-electron chi connectivity index (χ0n) is 4.63. The molecular weight excluding hydrogens is 226 g/mol. The summed E-state index contributed by atoms with van der Waals surface area (Å²) < 4.78 is 0.785. The minimum atomic E-state index is 0.282. The minimum Gasteiger partial charge on any atom is -0.507 e. The molecule has 0 aliphatic heterocycles. The van der Waals surface area contributed by atoms with Crippen LogP contribution in [-0.4, -0.2) is 13.0 Å². The molecule has 0 aliphatic rings. The molecule has 0 amide bonds. The topological polar surface area (TPSA) is 20.2 Å². The van der Waals surface area contributed by atoms with Crippen LogP contribution in [0.3, 0.4) is 0 Å². The molecule has 0 fully saturated rings. The predicted octanol–water partition coefficient (Wildman–Crippen LogP) is 0.791. The molecule has 44 valence electrons. The van der Waals surface area contributed by atoms with E-state index in [1.165, 1.54) is 0 Å². The Kier molecular flexibility index (Phi) is 2.00. The fraction of sp³-hybridized carbons (Fsp3) is 0. The van der Waals surface area contributed by atoms with E-state index in [0.29, 0.717) is 5.46 Å². The maximum atomic E-state index is 8.98. The van der Waals surface area contributed by atoms with Crippen LogP contribution in [0.4, 0.5) is 0 Å². The minimum absolute atomic E-state index is 0.282. The van der Waals surface area contributed by atoms with Gasteiger partial charge >= 0.3 is 0 Å². The number of aromatic hydroxyl groups is 1. The van der Waals surface area contributed by atoms with Gasteiger partial charge < -0.3 is 5.11 Å². The highest BCUT2D eigenvalue weighted by Crippen LogP contribution is 2.15. The number of halogens is 1. The Bertz CT molecular complexity index is 224. The summed E-state index contributed by atoms with van der Waals surface area (Å²) in [5, 5.41) is 8.98. The second-order valence-electron chi connectivity index (χ2n) is 1.71. The number of hydrogen-bond acceptors (Lipinski definition) is 1. The smallest absolute Gasteiger partial charge is 0.128 e. The van der Waals surface area contributed by atoms with Gasteiger partial charge in [-0.25, -0.2) is 0 Å². The van der Waals surface area contributed by atoms with Crippen molar-refractivity contribution in [3.63, 3.8) is 0 Å². The zero-order valence-corrected chi connectivity index (χ0v) is 6.79. The molecule has 3 heteroatoms. The molecule has 0 saturated carbocycles. The van der Waals surface area contributed by atoms with Gasteiger partial charge in [0.1, 0.15) is 13.6 Å². The summed E-state index contributed by atoms with van der Waals surface area (Å²) in [4.78, 5) is 0. The van der Waals surface area contributed by atoms with Crippen LogP contribution in [0.15, 0.2) is 18.2 Å². The second-order valence-corrected chi connectivity index (χ2v) is 2.87. The molecule has 0 atom stereocenters. The Hall–Kier alpha value is -0.185.